The van der Waals surface area contributed by atoms with E-state index in [2.05, 4.69) is 22.6 Å². The Morgan fingerprint density at radius 2 is 2.17 bits per heavy atom. The Balaban J connectivity index is 3.31. The van der Waals surface area contributed by atoms with E-state index in [9.17, 15) is 4.79 Å². The van der Waals surface area contributed by atoms with Crippen LogP contribution in [-0.2, 0) is 0 Å². The van der Waals surface area contributed by atoms with Gasteiger partial charge in [0.05, 0.1) is 5.56 Å². The fourth-order valence-corrected chi connectivity index (χ4v) is 1.47. The first-order chi connectivity index (χ1) is 5.52. The summed E-state index contributed by atoms with van der Waals surface area (Å²) in [5.74, 6) is -0.945. The molecule has 0 fully saturated rings. The molecule has 64 valence electrons. The number of halogens is 1. The Labute approximate surface area is 83.7 Å². The molecular formula is C8H8INO2. The number of carbonyl (C=O) groups is 1. The predicted molar refractivity (Wildman–Crippen MR) is 55.3 cm³/mol. The Morgan fingerprint density at radius 1 is 1.58 bits per heavy atom. The quantitative estimate of drug-likeness (QED) is 0.608. The fourth-order valence-electron chi connectivity index (χ4n) is 0.824. The number of rotatable bonds is 1. The van der Waals surface area contributed by atoms with E-state index in [0.717, 1.165) is 9.13 Å². The maximum Gasteiger partial charge on any atom is 0.335 e. The van der Waals surface area contributed by atoms with Crippen molar-refractivity contribution >= 4 is 34.2 Å². The van der Waals surface area contributed by atoms with Crippen molar-refractivity contribution in [1.82, 2.24) is 0 Å². The van der Waals surface area contributed by atoms with Crippen molar-refractivity contribution in [3.05, 3.63) is 26.8 Å². The Hall–Kier alpha value is -0.780. The maximum absolute atomic E-state index is 10.6. The summed E-state index contributed by atoms with van der Waals surface area (Å²) in [6.07, 6.45) is 0. The number of aromatic carboxylic acids is 1. The topological polar surface area (TPSA) is 63.3 Å². The fraction of sp³-hybridized carbons (Fsp3) is 0.125. The van der Waals surface area contributed by atoms with Crippen LogP contribution in [0.25, 0.3) is 0 Å². The molecule has 3 nitrogen and oxygen atoms in total. The molecule has 0 spiro atoms. The van der Waals surface area contributed by atoms with Gasteiger partial charge in [-0.05, 0) is 47.2 Å². The van der Waals surface area contributed by atoms with Crippen LogP contribution in [-0.4, -0.2) is 11.1 Å². The lowest BCUT2D eigenvalue weighted by atomic mass is 10.1. The minimum Gasteiger partial charge on any atom is -0.478 e. The average molecular weight is 277 g/mol. The molecule has 0 aliphatic heterocycles. The molecule has 1 aromatic carbocycles. The van der Waals surface area contributed by atoms with Crippen LogP contribution >= 0.6 is 22.6 Å². The summed E-state index contributed by atoms with van der Waals surface area (Å²) >= 11 is 2.07. The first kappa shape index (κ1) is 9.31. The molecule has 0 heterocycles. The zero-order valence-corrected chi connectivity index (χ0v) is 8.62. The molecule has 12 heavy (non-hydrogen) atoms. The van der Waals surface area contributed by atoms with Gasteiger partial charge in [0.15, 0.2) is 0 Å². The van der Waals surface area contributed by atoms with Crippen molar-refractivity contribution in [3.8, 4) is 0 Å². The van der Waals surface area contributed by atoms with E-state index < -0.39 is 5.97 Å². The minimum atomic E-state index is -0.945. The molecule has 1 rings (SSSR count). The molecule has 0 atom stereocenters. The van der Waals surface area contributed by atoms with Crippen molar-refractivity contribution in [2.75, 3.05) is 5.73 Å². The molecule has 0 unspecified atom stereocenters. The van der Waals surface area contributed by atoms with Gasteiger partial charge in [-0.1, -0.05) is 0 Å². The van der Waals surface area contributed by atoms with E-state index in [1.165, 1.54) is 6.07 Å². The van der Waals surface area contributed by atoms with Crippen molar-refractivity contribution in [2.24, 2.45) is 0 Å². The predicted octanol–water partition coefficient (Wildman–Crippen LogP) is 1.88. The van der Waals surface area contributed by atoms with E-state index in [-0.39, 0.29) is 5.56 Å². The summed E-state index contributed by atoms with van der Waals surface area (Å²) in [7, 11) is 0. The zero-order chi connectivity index (χ0) is 9.30. The van der Waals surface area contributed by atoms with Crippen molar-refractivity contribution in [3.63, 3.8) is 0 Å². The van der Waals surface area contributed by atoms with Crippen LogP contribution in [0.2, 0.25) is 0 Å². The molecule has 1 aromatic rings. The van der Waals surface area contributed by atoms with E-state index >= 15 is 0 Å². The second-order valence-corrected chi connectivity index (χ2v) is 3.64. The van der Waals surface area contributed by atoms with E-state index in [0.29, 0.717) is 5.69 Å². The molecule has 0 aliphatic carbocycles. The Bertz CT molecular complexity index is 313. The van der Waals surface area contributed by atoms with Gasteiger partial charge in [0.1, 0.15) is 0 Å². The number of hydrogen-bond donors (Lipinski definition) is 2. The summed E-state index contributed by atoms with van der Waals surface area (Å²) in [5, 5.41) is 8.67. The first-order valence-electron chi connectivity index (χ1n) is 3.31. The summed E-state index contributed by atoms with van der Waals surface area (Å²) in [5.41, 5.74) is 7.29. The van der Waals surface area contributed by atoms with Crippen LogP contribution in [0, 0.1) is 10.5 Å². The molecule has 0 saturated carbocycles. The number of benzene rings is 1. The van der Waals surface area contributed by atoms with E-state index in [1.807, 2.05) is 6.92 Å². The van der Waals surface area contributed by atoms with Crippen molar-refractivity contribution in [2.45, 2.75) is 6.92 Å². The third-order valence-electron chi connectivity index (χ3n) is 1.63. The third-order valence-corrected chi connectivity index (χ3v) is 2.75. The van der Waals surface area contributed by atoms with Crippen LogP contribution in [0.5, 0.6) is 0 Å². The lowest BCUT2D eigenvalue weighted by Gasteiger charge is -2.03. The van der Waals surface area contributed by atoms with E-state index in [4.69, 9.17) is 10.8 Å². The van der Waals surface area contributed by atoms with Gasteiger partial charge < -0.3 is 10.8 Å². The third kappa shape index (κ3) is 1.69. The highest BCUT2D eigenvalue weighted by Crippen LogP contribution is 2.20. The van der Waals surface area contributed by atoms with Crippen molar-refractivity contribution < 1.29 is 9.90 Å². The number of anilines is 1. The summed E-state index contributed by atoms with van der Waals surface area (Å²) < 4.78 is 0.880. The van der Waals surface area contributed by atoms with Gasteiger partial charge in [0.25, 0.3) is 0 Å². The molecule has 0 amide bonds. The molecule has 0 bridgehead atoms. The second-order valence-electron chi connectivity index (χ2n) is 2.48. The van der Waals surface area contributed by atoms with E-state index in [1.54, 1.807) is 6.07 Å². The summed E-state index contributed by atoms with van der Waals surface area (Å²) in [4.78, 5) is 10.6. The van der Waals surface area contributed by atoms with Crippen LogP contribution in [0.4, 0.5) is 5.69 Å². The number of nitrogens with two attached hydrogens (primary N) is 1. The molecule has 3 N–H and O–H groups in total. The normalized spacial score (nSPS) is 9.83. The summed E-state index contributed by atoms with van der Waals surface area (Å²) in [6.45, 7) is 1.86. The van der Waals surface area contributed by atoms with Crippen LogP contribution in [0.3, 0.4) is 0 Å². The standard InChI is InChI=1S/C8H8INO2/c1-4-6(9)2-5(8(11)12)3-7(4)10/h2-3H,10H2,1H3,(H,11,12). The van der Waals surface area contributed by atoms with Crippen LogP contribution < -0.4 is 5.73 Å². The van der Waals surface area contributed by atoms with Gasteiger partial charge in [-0.3, -0.25) is 0 Å². The van der Waals surface area contributed by atoms with Gasteiger partial charge in [-0.2, -0.15) is 0 Å². The minimum absolute atomic E-state index is 0.238. The van der Waals surface area contributed by atoms with Crippen LogP contribution in [0.15, 0.2) is 12.1 Å². The highest BCUT2D eigenvalue weighted by Gasteiger charge is 2.07. The van der Waals surface area contributed by atoms with Crippen LogP contribution in [0.1, 0.15) is 15.9 Å². The highest BCUT2D eigenvalue weighted by atomic mass is 127. The molecule has 4 heteroatoms. The Kier molecular flexibility index (Phi) is 2.56. The number of carboxylic acids is 1. The first-order valence-corrected chi connectivity index (χ1v) is 4.39. The van der Waals surface area contributed by atoms with Gasteiger partial charge in [-0.25, -0.2) is 4.79 Å². The number of carboxylic acid groups (broad SMARTS) is 1. The Morgan fingerprint density at radius 3 is 2.58 bits per heavy atom. The molecule has 0 aliphatic rings. The molecule has 0 radical (unpaired) electrons. The molecule has 0 saturated heterocycles. The summed E-state index contributed by atoms with van der Waals surface area (Å²) in [6, 6.07) is 3.08. The number of nitrogen functional groups attached to an aromatic ring is 1. The lowest BCUT2D eigenvalue weighted by molar-refractivity contribution is 0.0697. The lowest BCUT2D eigenvalue weighted by Crippen LogP contribution is -2.01. The molecular weight excluding hydrogens is 269 g/mol. The average Bonchev–Trinajstić information content (AvgIpc) is 1.99. The maximum atomic E-state index is 10.6. The van der Waals surface area contributed by atoms with Crippen molar-refractivity contribution in [1.29, 1.82) is 0 Å². The monoisotopic (exact) mass is 277 g/mol. The van der Waals surface area contributed by atoms with Gasteiger partial charge in [0.2, 0.25) is 0 Å². The van der Waals surface area contributed by atoms with Gasteiger partial charge in [-0.15, -0.1) is 0 Å². The van der Waals surface area contributed by atoms with Gasteiger partial charge in [0, 0.05) is 9.26 Å². The molecule has 0 aromatic heterocycles. The number of hydrogen-bond acceptors (Lipinski definition) is 2. The SMILES string of the molecule is Cc1c(N)cc(C(=O)O)cc1I. The largest absolute Gasteiger partial charge is 0.478 e. The second kappa shape index (κ2) is 3.30. The smallest absolute Gasteiger partial charge is 0.335 e. The zero-order valence-electron chi connectivity index (χ0n) is 6.47. The highest BCUT2D eigenvalue weighted by molar-refractivity contribution is 14.1. The van der Waals surface area contributed by atoms with Gasteiger partial charge >= 0.3 is 5.97 Å².